The van der Waals surface area contributed by atoms with Gasteiger partial charge in [0.15, 0.2) is 0 Å². The van der Waals surface area contributed by atoms with E-state index in [2.05, 4.69) is 4.98 Å². The molecule has 0 aromatic carbocycles. The second kappa shape index (κ2) is 4.49. The Morgan fingerprint density at radius 2 is 2.43 bits per heavy atom. The van der Waals surface area contributed by atoms with E-state index in [0.29, 0.717) is 11.3 Å². The molecule has 14 heavy (non-hydrogen) atoms. The van der Waals surface area contributed by atoms with Crippen molar-refractivity contribution in [3.63, 3.8) is 0 Å². The first-order chi connectivity index (χ1) is 6.79. The van der Waals surface area contributed by atoms with E-state index >= 15 is 0 Å². The number of rotatable bonds is 2. The van der Waals surface area contributed by atoms with Gasteiger partial charge in [-0.2, -0.15) is 0 Å². The fourth-order valence-electron chi connectivity index (χ4n) is 1.94. The van der Waals surface area contributed by atoms with Crippen molar-refractivity contribution in [2.24, 2.45) is 0 Å². The van der Waals surface area contributed by atoms with Crippen molar-refractivity contribution in [3.05, 3.63) is 11.1 Å². The fourth-order valence-corrected chi connectivity index (χ4v) is 3.19. The van der Waals surface area contributed by atoms with Gasteiger partial charge in [0.1, 0.15) is 0 Å². The van der Waals surface area contributed by atoms with Gasteiger partial charge < -0.3 is 4.74 Å². The number of ether oxygens (including phenoxy) is 1. The smallest absolute Gasteiger partial charge is 0.273 e. The maximum Gasteiger partial charge on any atom is 0.273 e. The van der Waals surface area contributed by atoms with Crippen molar-refractivity contribution in [3.8, 4) is 5.19 Å². The number of hydrogen-bond donors (Lipinski definition) is 0. The van der Waals surface area contributed by atoms with E-state index in [-0.39, 0.29) is 0 Å². The number of aromatic nitrogens is 1. The molecule has 0 radical (unpaired) electrons. The van der Waals surface area contributed by atoms with Crippen molar-refractivity contribution in [2.45, 2.75) is 37.0 Å². The van der Waals surface area contributed by atoms with Gasteiger partial charge in [0.05, 0.1) is 7.11 Å². The molecule has 0 N–H and O–H groups in total. The molecule has 2 unspecified atom stereocenters. The van der Waals surface area contributed by atoms with Crippen molar-refractivity contribution in [1.82, 2.24) is 4.98 Å². The molecule has 2 nitrogen and oxygen atoms in total. The third-order valence-corrected chi connectivity index (χ3v) is 4.21. The summed E-state index contributed by atoms with van der Waals surface area (Å²) in [5, 5.41) is 1.11. The van der Waals surface area contributed by atoms with Crippen LogP contribution in [0.2, 0.25) is 0 Å². The number of alkyl halides is 1. The van der Waals surface area contributed by atoms with Crippen molar-refractivity contribution < 1.29 is 4.74 Å². The lowest BCUT2D eigenvalue weighted by Gasteiger charge is -2.23. The Bertz CT molecular complexity index is 302. The van der Waals surface area contributed by atoms with Crippen molar-refractivity contribution in [1.29, 1.82) is 0 Å². The first-order valence-corrected chi connectivity index (χ1v) is 6.18. The highest BCUT2D eigenvalue weighted by Gasteiger charge is 2.23. The lowest BCUT2D eigenvalue weighted by Crippen LogP contribution is -2.12. The van der Waals surface area contributed by atoms with Crippen molar-refractivity contribution >= 4 is 22.9 Å². The predicted octanol–water partition coefficient (Wildman–Crippen LogP) is 3.42. The summed E-state index contributed by atoms with van der Waals surface area (Å²) in [6.45, 7) is 0. The van der Waals surface area contributed by atoms with E-state index in [1.807, 2.05) is 6.20 Å². The summed E-state index contributed by atoms with van der Waals surface area (Å²) in [4.78, 5) is 5.51. The Morgan fingerprint density at radius 1 is 1.57 bits per heavy atom. The molecular weight excluding hydrogens is 218 g/mol. The second-order valence-electron chi connectivity index (χ2n) is 3.69. The molecule has 1 aliphatic carbocycles. The zero-order chi connectivity index (χ0) is 9.97. The lowest BCUT2D eigenvalue weighted by molar-refractivity contribution is 0.412. The van der Waals surface area contributed by atoms with Crippen LogP contribution in [0.5, 0.6) is 5.19 Å². The van der Waals surface area contributed by atoms with E-state index in [1.165, 1.54) is 17.7 Å². The molecule has 0 amide bonds. The Hall–Kier alpha value is -0.280. The normalized spacial score (nSPS) is 27.6. The third kappa shape index (κ3) is 2.20. The maximum atomic E-state index is 6.15. The zero-order valence-electron chi connectivity index (χ0n) is 8.20. The number of thiazole rings is 1. The summed E-state index contributed by atoms with van der Waals surface area (Å²) in [6.07, 6.45) is 6.66. The van der Waals surface area contributed by atoms with Gasteiger partial charge in [-0.1, -0.05) is 17.8 Å². The summed E-state index contributed by atoms with van der Waals surface area (Å²) in [6, 6.07) is 0. The molecule has 0 spiro atoms. The molecule has 2 rings (SSSR count). The van der Waals surface area contributed by atoms with Crippen LogP contribution in [0.25, 0.3) is 0 Å². The summed E-state index contributed by atoms with van der Waals surface area (Å²) in [5.74, 6) is 0.604. The van der Waals surface area contributed by atoms with Crippen LogP contribution in [-0.4, -0.2) is 17.5 Å². The lowest BCUT2D eigenvalue weighted by atomic mass is 9.88. The molecule has 1 saturated carbocycles. The molecule has 1 aromatic rings. The largest absolute Gasteiger partial charge is 0.473 e. The fraction of sp³-hybridized carbons (Fsp3) is 0.700. The van der Waals surface area contributed by atoms with Gasteiger partial charge in [0.2, 0.25) is 0 Å². The summed E-state index contributed by atoms with van der Waals surface area (Å²) in [7, 11) is 1.66. The molecule has 1 fully saturated rings. The zero-order valence-corrected chi connectivity index (χ0v) is 9.77. The first kappa shape index (κ1) is 10.2. The number of methoxy groups -OCH3 is 1. The Kier molecular flexibility index (Phi) is 3.29. The van der Waals surface area contributed by atoms with E-state index in [9.17, 15) is 0 Å². The Morgan fingerprint density at radius 3 is 3.07 bits per heavy atom. The molecule has 1 heterocycles. The summed E-state index contributed by atoms with van der Waals surface area (Å²) in [5.41, 5.74) is 0. The maximum absolute atomic E-state index is 6.15. The standard InChI is InChI=1S/C10H14ClNOS/c1-13-10-12-6-9(14-10)7-3-2-4-8(11)5-7/h6-8H,2-5H2,1H3. The van der Waals surface area contributed by atoms with E-state index in [0.717, 1.165) is 18.0 Å². The van der Waals surface area contributed by atoms with Crippen LogP contribution in [0.1, 0.15) is 36.5 Å². The minimum Gasteiger partial charge on any atom is -0.473 e. The van der Waals surface area contributed by atoms with Crippen LogP contribution >= 0.6 is 22.9 Å². The van der Waals surface area contributed by atoms with Crippen LogP contribution in [0.4, 0.5) is 0 Å². The number of hydrogen-bond acceptors (Lipinski definition) is 3. The van der Waals surface area contributed by atoms with E-state index in [1.54, 1.807) is 18.4 Å². The number of halogens is 1. The highest BCUT2D eigenvalue weighted by molar-refractivity contribution is 7.13. The number of nitrogens with zero attached hydrogens (tertiary/aromatic N) is 1. The van der Waals surface area contributed by atoms with Crippen LogP contribution in [0.15, 0.2) is 6.20 Å². The third-order valence-electron chi connectivity index (χ3n) is 2.69. The van der Waals surface area contributed by atoms with Crippen LogP contribution in [0.3, 0.4) is 0 Å². The van der Waals surface area contributed by atoms with Gasteiger partial charge in [-0.15, -0.1) is 11.6 Å². The van der Waals surface area contributed by atoms with E-state index in [4.69, 9.17) is 16.3 Å². The molecular formula is C10H14ClNOS. The highest BCUT2D eigenvalue weighted by atomic mass is 35.5. The molecule has 78 valence electrons. The Labute approximate surface area is 93.3 Å². The highest BCUT2D eigenvalue weighted by Crippen LogP contribution is 2.38. The van der Waals surface area contributed by atoms with Crippen molar-refractivity contribution in [2.75, 3.05) is 7.11 Å². The van der Waals surface area contributed by atoms with Gasteiger partial charge in [-0.25, -0.2) is 4.98 Å². The van der Waals surface area contributed by atoms with Crippen LogP contribution < -0.4 is 4.74 Å². The molecule has 2 atom stereocenters. The van der Waals surface area contributed by atoms with Gasteiger partial charge >= 0.3 is 0 Å². The van der Waals surface area contributed by atoms with Gasteiger partial charge in [-0.05, 0) is 25.2 Å². The van der Waals surface area contributed by atoms with Gasteiger partial charge in [0.25, 0.3) is 5.19 Å². The minimum absolute atomic E-state index is 0.349. The molecule has 1 aromatic heterocycles. The molecule has 0 bridgehead atoms. The second-order valence-corrected chi connectivity index (χ2v) is 5.34. The monoisotopic (exact) mass is 231 g/mol. The van der Waals surface area contributed by atoms with Crippen LogP contribution in [-0.2, 0) is 0 Å². The molecule has 1 aliphatic rings. The Balaban J connectivity index is 2.06. The van der Waals surface area contributed by atoms with E-state index < -0.39 is 0 Å². The molecule has 4 heteroatoms. The molecule has 0 saturated heterocycles. The van der Waals surface area contributed by atoms with Crippen LogP contribution in [0, 0.1) is 0 Å². The first-order valence-electron chi connectivity index (χ1n) is 4.93. The quantitative estimate of drug-likeness (QED) is 0.728. The van der Waals surface area contributed by atoms with Gasteiger partial charge in [0, 0.05) is 16.5 Å². The average molecular weight is 232 g/mol. The minimum atomic E-state index is 0.349. The average Bonchev–Trinajstić information content (AvgIpc) is 2.66. The molecule has 0 aliphatic heterocycles. The predicted molar refractivity (Wildman–Crippen MR) is 59.5 cm³/mol. The van der Waals surface area contributed by atoms with Gasteiger partial charge in [-0.3, -0.25) is 0 Å². The summed E-state index contributed by atoms with van der Waals surface area (Å²) < 4.78 is 5.09. The topological polar surface area (TPSA) is 22.1 Å². The summed E-state index contributed by atoms with van der Waals surface area (Å²) >= 11 is 7.80. The SMILES string of the molecule is COc1ncc(C2CCCC(Cl)C2)s1.